The van der Waals surface area contributed by atoms with Crippen molar-refractivity contribution in [1.82, 2.24) is 4.31 Å². The number of esters is 1. The standard InChI is InChI=1S/C18H25FN2O6S/c1-12(9-16(20)18(23)24)10-17(22)27-14-5-7-21(8-6-14)28(25,26)15-4-2-3-13(19)11-15/h2-4,11-12,14,16H,5-10,20H2,1H3,(H,23,24)/t12?,16-/m0/s1. The Labute approximate surface area is 163 Å². The highest BCUT2D eigenvalue weighted by Crippen LogP contribution is 2.23. The number of carbonyl (C=O) groups excluding carboxylic acids is 1. The van der Waals surface area contributed by atoms with Crippen molar-refractivity contribution in [3.8, 4) is 0 Å². The third-order valence-electron chi connectivity index (χ3n) is 4.62. The van der Waals surface area contributed by atoms with Crippen LogP contribution in [0.2, 0.25) is 0 Å². The van der Waals surface area contributed by atoms with E-state index < -0.39 is 39.9 Å². The molecule has 1 aromatic rings. The van der Waals surface area contributed by atoms with Crippen molar-refractivity contribution < 1.29 is 32.2 Å². The highest BCUT2D eigenvalue weighted by atomic mass is 32.2. The maximum Gasteiger partial charge on any atom is 0.320 e. The number of hydrogen-bond acceptors (Lipinski definition) is 6. The van der Waals surface area contributed by atoms with Crippen LogP contribution in [0.5, 0.6) is 0 Å². The molecule has 0 amide bonds. The summed E-state index contributed by atoms with van der Waals surface area (Å²) >= 11 is 0. The molecule has 2 atom stereocenters. The number of sulfonamides is 1. The molecule has 8 nitrogen and oxygen atoms in total. The first kappa shape index (κ1) is 22.3. The third-order valence-corrected chi connectivity index (χ3v) is 6.52. The summed E-state index contributed by atoms with van der Waals surface area (Å²) in [5.74, 6) is -2.45. The second-order valence-electron chi connectivity index (χ2n) is 7.04. The molecule has 28 heavy (non-hydrogen) atoms. The van der Waals surface area contributed by atoms with Crippen LogP contribution >= 0.6 is 0 Å². The van der Waals surface area contributed by atoms with E-state index in [2.05, 4.69) is 0 Å². The fourth-order valence-electron chi connectivity index (χ4n) is 3.10. The molecule has 1 aliphatic heterocycles. The van der Waals surface area contributed by atoms with Crippen LogP contribution in [-0.2, 0) is 24.3 Å². The van der Waals surface area contributed by atoms with Gasteiger partial charge in [0, 0.05) is 19.5 Å². The largest absolute Gasteiger partial charge is 0.480 e. The second kappa shape index (κ2) is 9.44. The van der Waals surface area contributed by atoms with Crippen LogP contribution in [0.15, 0.2) is 29.2 Å². The van der Waals surface area contributed by atoms with Gasteiger partial charge in [-0.2, -0.15) is 4.31 Å². The number of carboxylic acid groups (broad SMARTS) is 1. The van der Waals surface area contributed by atoms with Crippen LogP contribution in [-0.4, -0.2) is 55.0 Å². The van der Waals surface area contributed by atoms with Gasteiger partial charge in [-0.15, -0.1) is 0 Å². The summed E-state index contributed by atoms with van der Waals surface area (Å²) < 4.78 is 45.1. The maximum atomic E-state index is 13.3. The van der Waals surface area contributed by atoms with Crippen LogP contribution in [0.4, 0.5) is 4.39 Å². The van der Waals surface area contributed by atoms with Crippen LogP contribution in [0.1, 0.15) is 32.6 Å². The summed E-state index contributed by atoms with van der Waals surface area (Å²) in [6, 6.07) is 3.81. The molecule has 1 heterocycles. The molecule has 0 saturated carbocycles. The molecule has 10 heteroatoms. The van der Waals surface area contributed by atoms with Crippen molar-refractivity contribution in [2.75, 3.05) is 13.1 Å². The number of nitrogens with two attached hydrogens (primary N) is 1. The molecule has 2 rings (SSSR count). The van der Waals surface area contributed by atoms with Gasteiger partial charge in [0.05, 0.1) is 4.90 Å². The van der Waals surface area contributed by atoms with Crippen molar-refractivity contribution in [3.63, 3.8) is 0 Å². The zero-order valence-corrected chi connectivity index (χ0v) is 16.4. The van der Waals surface area contributed by atoms with E-state index in [1.165, 1.54) is 22.5 Å². The minimum Gasteiger partial charge on any atom is -0.480 e. The van der Waals surface area contributed by atoms with Crippen molar-refractivity contribution in [2.24, 2.45) is 11.7 Å². The van der Waals surface area contributed by atoms with E-state index in [0.29, 0.717) is 12.8 Å². The third kappa shape index (κ3) is 5.98. The van der Waals surface area contributed by atoms with Crippen LogP contribution in [0, 0.1) is 11.7 Å². The summed E-state index contributed by atoms with van der Waals surface area (Å²) in [5, 5.41) is 8.80. The first-order valence-electron chi connectivity index (χ1n) is 9.03. The maximum absolute atomic E-state index is 13.3. The van der Waals surface area contributed by atoms with Gasteiger partial charge in [-0.25, -0.2) is 12.8 Å². The molecule has 0 aliphatic carbocycles. The molecule has 156 valence electrons. The van der Waals surface area contributed by atoms with E-state index in [1.807, 2.05) is 0 Å². The summed E-state index contributed by atoms with van der Waals surface area (Å²) in [6.45, 7) is 2.05. The van der Waals surface area contributed by atoms with Crippen molar-refractivity contribution >= 4 is 22.0 Å². The van der Waals surface area contributed by atoms with Gasteiger partial charge in [0.25, 0.3) is 0 Å². The lowest BCUT2D eigenvalue weighted by Gasteiger charge is -2.31. The average Bonchev–Trinajstić information content (AvgIpc) is 2.61. The van der Waals surface area contributed by atoms with E-state index in [9.17, 15) is 22.4 Å². The van der Waals surface area contributed by atoms with Gasteiger partial charge in [-0.1, -0.05) is 13.0 Å². The molecule has 0 bridgehead atoms. The molecule has 0 radical (unpaired) electrons. The minimum atomic E-state index is -3.79. The Morgan fingerprint density at radius 3 is 2.57 bits per heavy atom. The van der Waals surface area contributed by atoms with Crippen molar-refractivity contribution in [3.05, 3.63) is 30.1 Å². The SMILES string of the molecule is CC(CC(=O)OC1CCN(S(=O)(=O)c2cccc(F)c2)CC1)C[C@H](N)C(=O)O. The Morgan fingerprint density at radius 2 is 2.00 bits per heavy atom. The predicted octanol–water partition coefficient (Wildman–Crippen LogP) is 1.35. The van der Waals surface area contributed by atoms with Gasteiger partial charge in [0.15, 0.2) is 0 Å². The van der Waals surface area contributed by atoms with Crippen molar-refractivity contribution in [1.29, 1.82) is 0 Å². The molecule has 0 aromatic heterocycles. The highest BCUT2D eigenvalue weighted by molar-refractivity contribution is 7.89. The average molecular weight is 416 g/mol. The molecular formula is C18H25FN2O6S. The highest BCUT2D eigenvalue weighted by Gasteiger charge is 2.31. The minimum absolute atomic E-state index is 0.0444. The number of hydrogen-bond donors (Lipinski definition) is 2. The number of carboxylic acids is 1. The fraction of sp³-hybridized carbons (Fsp3) is 0.556. The van der Waals surface area contributed by atoms with Crippen LogP contribution in [0.25, 0.3) is 0 Å². The zero-order chi connectivity index (χ0) is 20.9. The number of piperidine rings is 1. The molecule has 1 fully saturated rings. The Balaban J connectivity index is 1.83. The summed E-state index contributed by atoms with van der Waals surface area (Å²) in [4.78, 5) is 22.7. The quantitative estimate of drug-likeness (QED) is 0.612. The number of ether oxygens (including phenoxy) is 1. The molecule has 3 N–H and O–H groups in total. The van der Waals surface area contributed by atoms with Crippen LogP contribution in [0.3, 0.4) is 0 Å². The molecular weight excluding hydrogens is 391 g/mol. The lowest BCUT2D eigenvalue weighted by Crippen LogP contribution is -2.41. The Kier molecular flexibility index (Phi) is 7.50. The number of nitrogens with zero attached hydrogens (tertiary/aromatic N) is 1. The molecule has 1 aromatic carbocycles. The van der Waals surface area contributed by atoms with Gasteiger partial charge in [0.1, 0.15) is 18.0 Å². The summed E-state index contributed by atoms with van der Waals surface area (Å²) in [7, 11) is -3.79. The number of rotatable bonds is 8. The molecule has 1 saturated heterocycles. The summed E-state index contributed by atoms with van der Waals surface area (Å²) in [5.41, 5.74) is 5.45. The molecule has 1 aliphatic rings. The van der Waals surface area contributed by atoms with Gasteiger partial charge >= 0.3 is 11.9 Å². The van der Waals surface area contributed by atoms with E-state index in [4.69, 9.17) is 15.6 Å². The van der Waals surface area contributed by atoms with Gasteiger partial charge in [-0.3, -0.25) is 9.59 Å². The lowest BCUT2D eigenvalue weighted by atomic mass is 9.99. The van der Waals surface area contributed by atoms with E-state index >= 15 is 0 Å². The molecule has 1 unspecified atom stereocenters. The normalized spacial score (nSPS) is 18.4. The Morgan fingerprint density at radius 1 is 1.36 bits per heavy atom. The number of aliphatic carboxylic acids is 1. The number of benzene rings is 1. The van der Waals surface area contributed by atoms with Crippen molar-refractivity contribution in [2.45, 2.75) is 49.6 Å². The second-order valence-corrected chi connectivity index (χ2v) is 8.98. The van der Waals surface area contributed by atoms with Gasteiger partial charge in [-0.05, 0) is 43.4 Å². The van der Waals surface area contributed by atoms with E-state index in [0.717, 1.165) is 6.07 Å². The first-order chi connectivity index (χ1) is 13.1. The zero-order valence-electron chi connectivity index (χ0n) is 15.6. The Hall–Kier alpha value is -2.04. The lowest BCUT2D eigenvalue weighted by molar-refractivity contribution is -0.152. The number of carbonyl (C=O) groups is 2. The first-order valence-corrected chi connectivity index (χ1v) is 10.5. The van der Waals surface area contributed by atoms with E-state index in [1.54, 1.807) is 6.92 Å². The monoisotopic (exact) mass is 416 g/mol. The Bertz CT molecular complexity index is 808. The van der Waals surface area contributed by atoms with Crippen LogP contribution < -0.4 is 5.73 Å². The van der Waals surface area contributed by atoms with E-state index in [-0.39, 0.29) is 36.7 Å². The topological polar surface area (TPSA) is 127 Å². The molecule has 0 spiro atoms. The number of halogens is 1. The van der Waals surface area contributed by atoms with Gasteiger partial charge < -0.3 is 15.6 Å². The fourth-order valence-corrected chi connectivity index (χ4v) is 4.60. The van der Waals surface area contributed by atoms with Gasteiger partial charge in [0.2, 0.25) is 10.0 Å². The summed E-state index contributed by atoms with van der Waals surface area (Å²) in [6.07, 6.45) is 0.469. The predicted molar refractivity (Wildman–Crippen MR) is 98.3 cm³/mol. The smallest absolute Gasteiger partial charge is 0.320 e.